The molecule has 1 aliphatic carbocycles. The summed E-state index contributed by atoms with van der Waals surface area (Å²) in [5.41, 5.74) is 1.55. The highest BCUT2D eigenvalue weighted by Gasteiger charge is 2.44. The molecule has 0 radical (unpaired) electrons. The van der Waals surface area contributed by atoms with Crippen molar-refractivity contribution in [1.29, 1.82) is 0 Å². The average molecular weight is 630 g/mol. The van der Waals surface area contributed by atoms with Crippen molar-refractivity contribution in [2.75, 3.05) is 26.7 Å². The van der Waals surface area contributed by atoms with E-state index in [2.05, 4.69) is 22.0 Å². The highest BCUT2D eigenvalue weighted by molar-refractivity contribution is 5.94. The normalized spacial score (nSPS) is 18.0. The minimum absolute atomic E-state index is 0.0599. The Morgan fingerprint density at radius 3 is 2.33 bits per heavy atom. The van der Waals surface area contributed by atoms with Crippen LogP contribution in [0.2, 0.25) is 0 Å². The number of hydrogen-bond acceptors (Lipinski definition) is 5. The number of nitrogens with one attached hydrogen (secondary N) is 3. The summed E-state index contributed by atoms with van der Waals surface area (Å²) < 4.78 is 13.7. The first-order chi connectivity index (χ1) is 22.1. The van der Waals surface area contributed by atoms with E-state index in [1.165, 1.54) is 12.1 Å². The quantitative estimate of drug-likeness (QED) is 0.267. The SMILES string of the molecule is CNCC(=O)NC(CC(=O)N1CCN([C@@H](Cc2ccc3ccccc3c2)C(=O)NC(C)C)C(=O)[C@H]1CC1CC1)c1ccc(F)cc1. The zero-order valence-electron chi connectivity index (χ0n) is 26.8. The molecule has 3 atom stereocenters. The maximum atomic E-state index is 14.3. The van der Waals surface area contributed by atoms with Crippen LogP contribution in [0.25, 0.3) is 10.8 Å². The predicted octanol–water partition coefficient (Wildman–Crippen LogP) is 3.72. The number of piperazine rings is 1. The Balaban J connectivity index is 1.39. The monoisotopic (exact) mass is 629 g/mol. The van der Waals surface area contributed by atoms with Crippen molar-refractivity contribution in [3.8, 4) is 0 Å². The number of hydrogen-bond donors (Lipinski definition) is 3. The largest absolute Gasteiger partial charge is 0.352 e. The van der Waals surface area contributed by atoms with Gasteiger partial charge in [-0.3, -0.25) is 19.2 Å². The van der Waals surface area contributed by atoms with Gasteiger partial charge < -0.3 is 25.8 Å². The van der Waals surface area contributed by atoms with Crippen LogP contribution < -0.4 is 16.0 Å². The van der Waals surface area contributed by atoms with Crippen molar-refractivity contribution in [3.05, 3.63) is 83.7 Å². The Hall–Kier alpha value is -4.31. The summed E-state index contributed by atoms with van der Waals surface area (Å²) in [5.74, 6) is -1.08. The smallest absolute Gasteiger partial charge is 0.246 e. The summed E-state index contributed by atoms with van der Waals surface area (Å²) in [6.45, 7) is 4.33. The van der Waals surface area contributed by atoms with E-state index >= 15 is 0 Å². The molecule has 1 aliphatic heterocycles. The molecule has 1 unspecified atom stereocenters. The lowest BCUT2D eigenvalue weighted by molar-refractivity contribution is -0.156. The van der Waals surface area contributed by atoms with Crippen LogP contribution in [0, 0.1) is 11.7 Å². The summed E-state index contributed by atoms with van der Waals surface area (Å²) in [6, 6.07) is 17.6. The van der Waals surface area contributed by atoms with Crippen LogP contribution in [0.5, 0.6) is 0 Å². The molecule has 3 N–H and O–H groups in total. The number of benzene rings is 3. The van der Waals surface area contributed by atoms with Crippen LogP contribution in [0.1, 0.15) is 56.7 Å². The molecular weight excluding hydrogens is 585 g/mol. The molecule has 1 saturated heterocycles. The van der Waals surface area contributed by atoms with Gasteiger partial charge in [0.15, 0.2) is 0 Å². The summed E-state index contributed by atoms with van der Waals surface area (Å²) in [7, 11) is 1.65. The van der Waals surface area contributed by atoms with Gasteiger partial charge in [-0.2, -0.15) is 0 Å². The molecule has 4 amide bonds. The Labute approximate surface area is 269 Å². The lowest BCUT2D eigenvalue weighted by Crippen LogP contribution is -2.64. The molecule has 1 saturated carbocycles. The first kappa shape index (κ1) is 33.1. The highest BCUT2D eigenvalue weighted by atomic mass is 19.1. The van der Waals surface area contributed by atoms with E-state index in [1.807, 2.05) is 50.2 Å². The Morgan fingerprint density at radius 2 is 1.65 bits per heavy atom. The number of rotatable bonds is 13. The van der Waals surface area contributed by atoms with Gasteiger partial charge in [-0.05, 0) is 67.3 Å². The Bertz CT molecular complexity index is 1560. The minimum atomic E-state index is -0.734. The van der Waals surface area contributed by atoms with Crippen molar-refractivity contribution in [2.24, 2.45) is 5.92 Å². The van der Waals surface area contributed by atoms with Gasteiger partial charge in [-0.25, -0.2) is 4.39 Å². The number of fused-ring (bicyclic) bond motifs is 1. The third kappa shape index (κ3) is 8.28. The fourth-order valence-corrected chi connectivity index (χ4v) is 6.27. The Kier molecular flexibility index (Phi) is 10.7. The Morgan fingerprint density at radius 1 is 0.935 bits per heavy atom. The van der Waals surface area contributed by atoms with Crippen LogP contribution in [0.15, 0.2) is 66.7 Å². The molecule has 9 nitrogen and oxygen atoms in total. The van der Waals surface area contributed by atoms with E-state index in [1.54, 1.807) is 29.0 Å². The first-order valence-electron chi connectivity index (χ1n) is 16.2. The molecule has 2 fully saturated rings. The molecule has 46 heavy (non-hydrogen) atoms. The third-order valence-corrected chi connectivity index (χ3v) is 8.78. The van der Waals surface area contributed by atoms with Crippen LogP contribution >= 0.6 is 0 Å². The first-order valence-corrected chi connectivity index (χ1v) is 16.2. The summed E-state index contributed by atoms with van der Waals surface area (Å²) >= 11 is 0. The van der Waals surface area contributed by atoms with E-state index in [9.17, 15) is 23.6 Å². The van der Waals surface area contributed by atoms with Gasteiger partial charge in [0.05, 0.1) is 19.0 Å². The van der Waals surface area contributed by atoms with Gasteiger partial charge >= 0.3 is 0 Å². The lowest BCUT2D eigenvalue weighted by Gasteiger charge is -2.44. The molecule has 10 heteroatoms. The highest BCUT2D eigenvalue weighted by Crippen LogP contribution is 2.37. The average Bonchev–Trinajstić information content (AvgIpc) is 3.85. The van der Waals surface area contributed by atoms with E-state index < -0.39 is 23.9 Å². The zero-order chi connectivity index (χ0) is 32.8. The molecule has 2 aliphatic rings. The van der Waals surface area contributed by atoms with Crippen LogP contribution in [0.4, 0.5) is 4.39 Å². The van der Waals surface area contributed by atoms with Crippen molar-refractivity contribution >= 4 is 34.4 Å². The molecule has 244 valence electrons. The number of carbonyl (C=O) groups is 4. The second kappa shape index (κ2) is 14.9. The zero-order valence-corrected chi connectivity index (χ0v) is 26.8. The standard InChI is InChI=1S/C36H44FN5O4/c1-23(2)39-35(45)31(20-25-10-11-26-6-4-5-7-28(26)18-25)42-17-16-41(32(36(42)46)19-24-8-9-24)34(44)21-30(40-33(43)22-38-3)27-12-14-29(37)15-13-27/h4-7,10-15,18,23-24,30-32,38H,8-9,16-17,19-22H2,1-3H3,(H,39,45)(H,40,43)/t30?,31-,32+/m0/s1. The second-order valence-electron chi connectivity index (χ2n) is 12.8. The fraction of sp³-hybridized carbons (Fsp3) is 0.444. The number of carbonyl (C=O) groups excluding carboxylic acids is 4. The van der Waals surface area contributed by atoms with Crippen molar-refractivity contribution in [2.45, 2.75) is 70.1 Å². The van der Waals surface area contributed by atoms with Crippen LogP contribution in [-0.4, -0.2) is 78.2 Å². The molecule has 0 aromatic heterocycles. The van der Waals surface area contributed by atoms with Gasteiger partial charge in [-0.1, -0.05) is 67.4 Å². The summed E-state index contributed by atoms with van der Waals surface area (Å²) in [6.07, 6.45) is 2.80. The molecular formula is C36H44FN5O4. The van der Waals surface area contributed by atoms with Crippen molar-refractivity contribution in [3.63, 3.8) is 0 Å². The number of halogens is 1. The molecule has 3 aromatic carbocycles. The summed E-state index contributed by atoms with van der Waals surface area (Å²) in [5, 5.41) is 10.9. The fourth-order valence-electron chi connectivity index (χ4n) is 6.27. The van der Waals surface area contributed by atoms with Gasteiger partial charge in [0.2, 0.25) is 23.6 Å². The van der Waals surface area contributed by atoms with E-state index in [-0.39, 0.29) is 55.7 Å². The molecule has 5 rings (SSSR count). The molecule has 3 aromatic rings. The van der Waals surface area contributed by atoms with Crippen LogP contribution in [0.3, 0.4) is 0 Å². The van der Waals surface area contributed by atoms with E-state index in [0.29, 0.717) is 24.3 Å². The number of amides is 4. The maximum absolute atomic E-state index is 14.3. The van der Waals surface area contributed by atoms with Crippen molar-refractivity contribution < 1.29 is 23.6 Å². The van der Waals surface area contributed by atoms with E-state index in [0.717, 1.165) is 29.2 Å². The summed E-state index contributed by atoms with van der Waals surface area (Å²) in [4.78, 5) is 57.8. The maximum Gasteiger partial charge on any atom is 0.246 e. The van der Waals surface area contributed by atoms with Gasteiger partial charge in [0, 0.05) is 25.6 Å². The molecule has 0 bridgehead atoms. The third-order valence-electron chi connectivity index (χ3n) is 8.78. The van der Waals surface area contributed by atoms with Crippen LogP contribution in [-0.2, 0) is 25.6 Å². The number of nitrogens with zero attached hydrogens (tertiary/aromatic N) is 2. The lowest BCUT2D eigenvalue weighted by atomic mass is 9.96. The second-order valence-corrected chi connectivity index (χ2v) is 12.8. The predicted molar refractivity (Wildman–Crippen MR) is 175 cm³/mol. The molecule has 0 spiro atoms. The topological polar surface area (TPSA) is 111 Å². The van der Waals surface area contributed by atoms with Gasteiger partial charge in [0.1, 0.15) is 17.9 Å². The van der Waals surface area contributed by atoms with Crippen molar-refractivity contribution in [1.82, 2.24) is 25.8 Å². The van der Waals surface area contributed by atoms with E-state index in [4.69, 9.17) is 0 Å². The van der Waals surface area contributed by atoms with Gasteiger partial charge in [-0.15, -0.1) is 0 Å². The molecule has 1 heterocycles. The van der Waals surface area contributed by atoms with Gasteiger partial charge in [0.25, 0.3) is 0 Å². The number of likely N-dealkylation sites (N-methyl/N-ethyl adjacent to an activating group) is 1. The minimum Gasteiger partial charge on any atom is -0.352 e.